The molecule has 24 heavy (non-hydrogen) atoms. The third kappa shape index (κ3) is 5.19. The molecule has 0 amide bonds. The van der Waals surface area contributed by atoms with Crippen LogP contribution in [0.4, 0.5) is 0 Å². The number of carbonyl (C=O) groups excluding carboxylic acids is 2. The van der Waals surface area contributed by atoms with Crippen LogP contribution in [-0.2, 0) is 19.2 Å². The summed E-state index contributed by atoms with van der Waals surface area (Å²) in [7, 11) is 1.25. The van der Waals surface area contributed by atoms with Gasteiger partial charge in [0.05, 0.1) is 18.4 Å². The van der Waals surface area contributed by atoms with Gasteiger partial charge in [0.1, 0.15) is 18.3 Å². The first-order chi connectivity index (χ1) is 10.8. The molecule has 1 atom stereocenters. The predicted molar refractivity (Wildman–Crippen MR) is 94.2 cm³/mol. The number of aliphatic hydroxyl groups is 1. The minimum atomic E-state index is -0.972. The molecular weight excluding hydrogens is 321 g/mol. The second kappa shape index (κ2) is 10.0. The molecule has 0 aromatic heterocycles. The van der Waals surface area contributed by atoms with E-state index in [9.17, 15) is 14.7 Å². The molecule has 1 aliphatic rings. The summed E-state index contributed by atoms with van der Waals surface area (Å²) in [6.07, 6.45) is 2.89. The molecule has 0 aliphatic heterocycles. The van der Waals surface area contributed by atoms with Crippen molar-refractivity contribution < 1.29 is 24.3 Å². The summed E-state index contributed by atoms with van der Waals surface area (Å²) in [6.45, 7) is 9.16. The van der Waals surface area contributed by atoms with Gasteiger partial charge in [0.2, 0.25) is 0 Å². The molecule has 0 heterocycles. The second-order valence-electron chi connectivity index (χ2n) is 6.18. The molecule has 0 bridgehead atoms. The fraction of sp³-hybridized carbons (Fsp3) is 0.588. The van der Waals surface area contributed by atoms with Gasteiger partial charge < -0.3 is 14.7 Å². The second-order valence-corrected chi connectivity index (χ2v) is 6.18. The quantitative estimate of drug-likeness (QED) is 0.145. The van der Waals surface area contributed by atoms with Crippen molar-refractivity contribution in [3.63, 3.8) is 0 Å². The first-order valence-electron chi connectivity index (χ1n) is 7.64. The molecular formula is C17H26NNaO5. The number of rotatable bonds is 7. The normalized spacial score (nSPS) is 20.2. The molecule has 1 N–H and O–H groups in total. The Morgan fingerprint density at radius 3 is 2.62 bits per heavy atom. The zero-order chi connectivity index (χ0) is 17.6. The van der Waals surface area contributed by atoms with Crippen LogP contribution < -0.4 is 0 Å². The molecule has 0 aromatic rings. The van der Waals surface area contributed by atoms with Crippen LogP contribution >= 0.6 is 0 Å². The summed E-state index contributed by atoms with van der Waals surface area (Å²) in [5, 5.41) is 14.3. The van der Waals surface area contributed by atoms with Crippen molar-refractivity contribution in [2.75, 3.05) is 13.7 Å². The van der Waals surface area contributed by atoms with Crippen LogP contribution in [0.25, 0.3) is 0 Å². The Bertz CT molecular complexity index is 551. The number of aliphatic hydroxyl groups excluding tert-OH is 1. The van der Waals surface area contributed by atoms with Crippen molar-refractivity contribution >= 4 is 47.0 Å². The van der Waals surface area contributed by atoms with E-state index in [2.05, 4.69) is 11.7 Å². The summed E-state index contributed by atoms with van der Waals surface area (Å²) in [5.74, 6) is -2.11. The third-order valence-electron chi connectivity index (χ3n) is 3.78. The van der Waals surface area contributed by atoms with Crippen LogP contribution in [-0.4, -0.2) is 65.8 Å². The molecule has 130 valence electrons. The molecule has 0 radical (unpaired) electrons. The van der Waals surface area contributed by atoms with Crippen LogP contribution in [0.5, 0.6) is 0 Å². The number of nitrogens with zero attached hydrogens (tertiary/aromatic N) is 1. The first-order valence-corrected chi connectivity index (χ1v) is 7.64. The van der Waals surface area contributed by atoms with Crippen molar-refractivity contribution in [2.24, 2.45) is 16.5 Å². The third-order valence-corrected chi connectivity index (χ3v) is 3.78. The first kappa shape index (κ1) is 22.9. The van der Waals surface area contributed by atoms with E-state index < -0.39 is 23.1 Å². The Morgan fingerprint density at radius 1 is 1.50 bits per heavy atom. The van der Waals surface area contributed by atoms with E-state index in [-0.39, 0.29) is 53.9 Å². The number of oxime groups is 1. The molecule has 0 saturated carbocycles. The molecule has 1 aliphatic carbocycles. The fourth-order valence-electron chi connectivity index (χ4n) is 2.74. The Labute approximate surface area is 165 Å². The van der Waals surface area contributed by atoms with Gasteiger partial charge >= 0.3 is 35.5 Å². The number of ketones is 1. The SMILES string of the molecule is C=CCO/N=C(/CCC)C1=C(O)CC(C)(C)C(C(=O)OC)C1=O.[NaH]. The van der Waals surface area contributed by atoms with E-state index in [1.807, 2.05) is 6.92 Å². The van der Waals surface area contributed by atoms with E-state index in [0.29, 0.717) is 18.6 Å². The van der Waals surface area contributed by atoms with E-state index in [0.717, 1.165) is 0 Å². The monoisotopic (exact) mass is 347 g/mol. The Balaban J connectivity index is 0.00000529. The molecule has 1 unspecified atom stereocenters. The van der Waals surface area contributed by atoms with Gasteiger partial charge in [0, 0.05) is 6.42 Å². The Morgan fingerprint density at radius 2 is 2.12 bits per heavy atom. The Hall–Kier alpha value is -1.11. The van der Waals surface area contributed by atoms with Crippen molar-refractivity contribution in [1.29, 1.82) is 0 Å². The number of hydrogen-bond acceptors (Lipinski definition) is 6. The predicted octanol–water partition coefficient (Wildman–Crippen LogP) is 2.30. The van der Waals surface area contributed by atoms with Gasteiger partial charge in [-0.25, -0.2) is 0 Å². The summed E-state index contributed by atoms with van der Waals surface area (Å²) >= 11 is 0. The van der Waals surface area contributed by atoms with Crippen LogP contribution in [0.1, 0.15) is 40.0 Å². The summed E-state index contributed by atoms with van der Waals surface area (Å²) in [5.41, 5.74) is -0.302. The average Bonchev–Trinajstić information content (AvgIpc) is 2.45. The van der Waals surface area contributed by atoms with E-state index in [4.69, 9.17) is 9.57 Å². The Kier molecular flexibility index (Phi) is 9.55. The topological polar surface area (TPSA) is 85.2 Å². The van der Waals surface area contributed by atoms with Crippen LogP contribution in [0.3, 0.4) is 0 Å². The van der Waals surface area contributed by atoms with Crippen molar-refractivity contribution in [3.8, 4) is 0 Å². The zero-order valence-electron chi connectivity index (χ0n) is 14.2. The number of Topliss-reactive ketones (excluding diaryl/α,β-unsaturated/α-hetero) is 1. The van der Waals surface area contributed by atoms with Gasteiger partial charge in [-0.1, -0.05) is 45.0 Å². The summed E-state index contributed by atoms with van der Waals surface area (Å²) < 4.78 is 4.77. The number of allylic oxidation sites excluding steroid dienone is 2. The van der Waals surface area contributed by atoms with Crippen LogP contribution in [0.2, 0.25) is 0 Å². The standard InChI is InChI=1S/C17H25NO5.Na.H/c1-6-8-11(18-23-9-7-2)13-12(19)10-17(3,4)14(15(13)20)16(21)22-5;;/h7,14,19H,2,6,8-10H2,1,3-5H3;;/b18-11-;;. The number of hydrogen-bond donors (Lipinski definition) is 1. The van der Waals surface area contributed by atoms with Gasteiger partial charge in [-0.05, 0) is 11.8 Å². The zero-order valence-corrected chi connectivity index (χ0v) is 14.2. The van der Waals surface area contributed by atoms with Gasteiger partial charge in [0.25, 0.3) is 0 Å². The number of ether oxygens (including phenoxy) is 1. The maximum absolute atomic E-state index is 12.8. The van der Waals surface area contributed by atoms with Gasteiger partial charge in [0.15, 0.2) is 5.78 Å². The number of carbonyl (C=O) groups is 2. The molecule has 0 saturated heterocycles. The molecule has 6 nitrogen and oxygen atoms in total. The van der Waals surface area contributed by atoms with Gasteiger partial charge in [-0.3, -0.25) is 9.59 Å². The van der Waals surface area contributed by atoms with Crippen molar-refractivity contribution in [3.05, 3.63) is 24.0 Å². The van der Waals surface area contributed by atoms with Crippen LogP contribution in [0, 0.1) is 11.3 Å². The minimum absolute atomic E-state index is 0. The summed E-state index contributed by atoms with van der Waals surface area (Å²) in [4.78, 5) is 30.0. The summed E-state index contributed by atoms with van der Waals surface area (Å²) in [6, 6.07) is 0. The molecule has 0 fully saturated rings. The molecule has 0 aromatic carbocycles. The van der Waals surface area contributed by atoms with Crippen molar-refractivity contribution in [1.82, 2.24) is 0 Å². The van der Waals surface area contributed by atoms with Crippen molar-refractivity contribution in [2.45, 2.75) is 40.0 Å². The van der Waals surface area contributed by atoms with E-state index in [1.165, 1.54) is 13.2 Å². The molecule has 1 rings (SSSR count). The van der Waals surface area contributed by atoms with Gasteiger partial charge in [-0.15, -0.1) is 0 Å². The van der Waals surface area contributed by atoms with Gasteiger partial charge in [-0.2, -0.15) is 0 Å². The number of esters is 1. The maximum atomic E-state index is 12.8. The average molecular weight is 347 g/mol. The number of methoxy groups -OCH3 is 1. The van der Waals surface area contributed by atoms with E-state index >= 15 is 0 Å². The molecule has 7 heteroatoms. The van der Waals surface area contributed by atoms with E-state index in [1.54, 1.807) is 13.8 Å². The fourth-order valence-corrected chi connectivity index (χ4v) is 2.74. The molecule has 0 spiro atoms. The van der Waals surface area contributed by atoms with Crippen LogP contribution in [0.15, 0.2) is 29.1 Å².